The minimum absolute atomic E-state index is 0.165. The number of rotatable bonds is 7. The second kappa shape index (κ2) is 8.30. The van der Waals surface area contributed by atoms with Gasteiger partial charge in [0.2, 0.25) is 0 Å². The molecule has 1 rings (SSSR count). The van der Waals surface area contributed by atoms with Gasteiger partial charge in [-0.2, -0.15) is 0 Å². The molecule has 1 unspecified atom stereocenters. The Hall–Kier alpha value is -1.91. The molecule has 0 heterocycles. The molecule has 2 amide bonds. The lowest BCUT2D eigenvalue weighted by molar-refractivity contribution is 0.237. The summed E-state index contributed by atoms with van der Waals surface area (Å²) in [6.45, 7) is 4.68. The van der Waals surface area contributed by atoms with Crippen LogP contribution < -0.4 is 20.1 Å². The average Bonchev–Trinajstić information content (AvgIpc) is 2.46. The quantitative estimate of drug-likeness (QED) is 0.755. The first-order chi connectivity index (χ1) is 9.62. The third kappa shape index (κ3) is 4.64. The molecule has 2 N–H and O–H groups in total. The van der Waals surface area contributed by atoms with Crippen LogP contribution in [0.4, 0.5) is 4.79 Å². The summed E-state index contributed by atoms with van der Waals surface area (Å²) in [4.78, 5) is 11.8. The van der Waals surface area contributed by atoms with Gasteiger partial charge in [0, 0.05) is 12.1 Å². The Bertz CT molecular complexity index is 435. The van der Waals surface area contributed by atoms with Crippen LogP contribution in [0.1, 0.15) is 38.3 Å². The zero-order valence-corrected chi connectivity index (χ0v) is 12.7. The molecule has 0 radical (unpaired) electrons. The summed E-state index contributed by atoms with van der Waals surface area (Å²) in [6.07, 6.45) is 2.03. The molecule has 5 nitrogen and oxygen atoms in total. The summed E-state index contributed by atoms with van der Waals surface area (Å²) in [7, 11) is 3.22. The van der Waals surface area contributed by atoms with E-state index in [9.17, 15) is 4.79 Å². The van der Waals surface area contributed by atoms with Crippen LogP contribution in [0.25, 0.3) is 0 Å². The molecule has 0 fully saturated rings. The van der Waals surface area contributed by atoms with Gasteiger partial charge in [-0.3, -0.25) is 0 Å². The number of hydrogen-bond donors (Lipinski definition) is 2. The van der Waals surface area contributed by atoms with Crippen LogP contribution in [0.5, 0.6) is 11.5 Å². The summed E-state index contributed by atoms with van der Waals surface area (Å²) in [5.74, 6) is 1.47. The first-order valence-corrected chi connectivity index (χ1v) is 6.88. The first kappa shape index (κ1) is 16.1. The molecule has 0 aromatic heterocycles. The van der Waals surface area contributed by atoms with Crippen LogP contribution >= 0.6 is 0 Å². The highest BCUT2D eigenvalue weighted by Gasteiger charge is 2.14. The van der Waals surface area contributed by atoms with E-state index in [2.05, 4.69) is 17.6 Å². The van der Waals surface area contributed by atoms with Crippen LogP contribution in [-0.4, -0.2) is 26.8 Å². The molecule has 112 valence electrons. The number of carbonyl (C=O) groups excluding carboxylic acids is 1. The second-order valence-electron chi connectivity index (χ2n) is 4.58. The molecular formula is C15H24N2O3. The van der Waals surface area contributed by atoms with E-state index in [1.165, 1.54) is 0 Å². The van der Waals surface area contributed by atoms with Crippen LogP contribution in [0.15, 0.2) is 18.2 Å². The van der Waals surface area contributed by atoms with Crippen LogP contribution in [-0.2, 0) is 0 Å². The number of amides is 2. The molecule has 0 bridgehead atoms. The fraction of sp³-hybridized carbons (Fsp3) is 0.533. The van der Waals surface area contributed by atoms with Crippen molar-refractivity contribution in [3.05, 3.63) is 23.8 Å². The number of nitrogens with one attached hydrogen (secondary N) is 2. The highest BCUT2D eigenvalue weighted by atomic mass is 16.5. The second-order valence-corrected chi connectivity index (χ2v) is 4.58. The van der Waals surface area contributed by atoms with Crippen LogP contribution in [0, 0.1) is 0 Å². The highest BCUT2D eigenvalue weighted by Crippen LogP contribution is 2.29. The van der Waals surface area contributed by atoms with E-state index in [-0.39, 0.29) is 12.1 Å². The van der Waals surface area contributed by atoms with E-state index >= 15 is 0 Å². The minimum Gasteiger partial charge on any atom is -0.497 e. The van der Waals surface area contributed by atoms with E-state index in [0.29, 0.717) is 6.54 Å². The normalized spacial score (nSPS) is 11.6. The number of carbonyl (C=O) groups is 1. The Morgan fingerprint density at radius 1 is 1.30 bits per heavy atom. The Balaban J connectivity index is 2.70. The van der Waals surface area contributed by atoms with Crippen molar-refractivity contribution in [1.82, 2.24) is 10.6 Å². The maximum Gasteiger partial charge on any atom is 0.315 e. The minimum atomic E-state index is -0.171. The molecule has 0 aliphatic heterocycles. The van der Waals surface area contributed by atoms with Crippen LogP contribution in [0.2, 0.25) is 0 Å². The third-order valence-corrected chi connectivity index (χ3v) is 3.07. The lowest BCUT2D eigenvalue weighted by Gasteiger charge is -2.18. The van der Waals surface area contributed by atoms with Crippen molar-refractivity contribution in [2.75, 3.05) is 20.8 Å². The number of unbranched alkanes of at least 4 members (excludes halogenated alkanes) is 1. The predicted octanol–water partition coefficient (Wildman–Crippen LogP) is 2.86. The first-order valence-electron chi connectivity index (χ1n) is 6.88. The Labute approximate surface area is 120 Å². The van der Waals surface area contributed by atoms with E-state index < -0.39 is 0 Å². The van der Waals surface area contributed by atoms with E-state index in [1.54, 1.807) is 14.2 Å². The van der Waals surface area contributed by atoms with E-state index in [0.717, 1.165) is 29.9 Å². The molecule has 0 saturated carbocycles. The maximum absolute atomic E-state index is 11.8. The molecule has 20 heavy (non-hydrogen) atoms. The zero-order chi connectivity index (χ0) is 15.0. The van der Waals surface area contributed by atoms with E-state index in [1.807, 2.05) is 25.1 Å². The fourth-order valence-electron chi connectivity index (χ4n) is 1.88. The van der Waals surface area contributed by atoms with Gasteiger partial charge < -0.3 is 20.1 Å². The lowest BCUT2D eigenvalue weighted by atomic mass is 10.1. The van der Waals surface area contributed by atoms with Crippen molar-refractivity contribution < 1.29 is 14.3 Å². The van der Waals surface area contributed by atoms with Gasteiger partial charge in [-0.1, -0.05) is 13.3 Å². The molecule has 1 aromatic rings. The molecule has 0 aliphatic carbocycles. The summed E-state index contributed by atoms with van der Waals surface area (Å²) >= 11 is 0. The topological polar surface area (TPSA) is 59.6 Å². The van der Waals surface area contributed by atoms with Gasteiger partial charge in [0.15, 0.2) is 0 Å². The summed E-state index contributed by atoms with van der Waals surface area (Å²) < 4.78 is 10.5. The van der Waals surface area contributed by atoms with Crippen molar-refractivity contribution in [3.8, 4) is 11.5 Å². The summed E-state index contributed by atoms with van der Waals surface area (Å²) in [5, 5.41) is 5.72. The van der Waals surface area contributed by atoms with Gasteiger partial charge in [0.1, 0.15) is 11.5 Å². The van der Waals surface area contributed by atoms with Crippen molar-refractivity contribution >= 4 is 6.03 Å². The number of methoxy groups -OCH3 is 2. The number of benzene rings is 1. The Morgan fingerprint density at radius 2 is 2.05 bits per heavy atom. The maximum atomic E-state index is 11.8. The molecule has 1 aromatic carbocycles. The van der Waals surface area contributed by atoms with Crippen molar-refractivity contribution in [3.63, 3.8) is 0 Å². The molecule has 0 saturated heterocycles. The predicted molar refractivity (Wildman–Crippen MR) is 79.4 cm³/mol. The average molecular weight is 280 g/mol. The van der Waals surface area contributed by atoms with Gasteiger partial charge in [0.05, 0.1) is 20.3 Å². The molecular weight excluding hydrogens is 256 g/mol. The Kier molecular flexibility index (Phi) is 6.70. The molecule has 0 spiro atoms. The lowest BCUT2D eigenvalue weighted by Crippen LogP contribution is -2.37. The number of urea groups is 1. The standard InChI is InChI=1S/C15H24N2O3/c1-5-6-9-16-15(18)17-11(2)13-10-12(19-3)7-8-14(13)20-4/h7-8,10-11H,5-6,9H2,1-4H3,(H2,16,17,18). The van der Waals surface area contributed by atoms with Gasteiger partial charge in [-0.05, 0) is 31.5 Å². The van der Waals surface area contributed by atoms with Crippen LogP contribution in [0.3, 0.4) is 0 Å². The Morgan fingerprint density at radius 3 is 2.65 bits per heavy atom. The SMILES string of the molecule is CCCCNC(=O)NC(C)c1cc(OC)ccc1OC. The van der Waals surface area contributed by atoms with Crippen molar-refractivity contribution in [1.29, 1.82) is 0 Å². The number of hydrogen-bond acceptors (Lipinski definition) is 3. The fourth-order valence-corrected chi connectivity index (χ4v) is 1.88. The van der Waals surface area contributed by atoms with Gasteiger partial charge >= 0.3 is 6.03 Å². The van der Waals surface area contributed by atoms with Gasteiger partial charge in [-0.25, -0.2) is 4.79 Å². The van der Waals surface area contributed by atoms with Crippen molar-refractivity contribution in [2.45, 2.75) is 32.7 Å². The van der Waals surface area contributed by atoms with Gasteiger partial charge in [-0.15, -0.1) is 0 Å². The molecule has 1 atom stereocenters. The third-order valence-electron chi connectivity index (χ3n) is 3.07. The molecule has 5 heteroatoms. The monoisotopic (exact) mass is 280 g/mol. The molecule has 0 aliphatic rings. The smallest absolute Gasteiger partial charge is 0.315 e. The summed E-state index contributed by atoms with van der Waals surface area (Å²) in [5.41, 5.74) is 0.887. The highest BCUT2D eigenvalue weighted by molar-refractivity contribution is 5.74. The van der Waals surface area contributed by atoms with Gasteiger partial charge in [0.25, 0.3) is 0 Å². The van der Waals surface area contributed by atoms with E-state index in [4.69, 9.17) is 9.47 Å². The summed E-state index contributed by atoms with van der Waals surface area (Å²) in [6, 6.07) is 5.20. The van der Waals surface area contributed by atoms with Crippen molar-refractivity contribution in [2.24, 2.45) is 0 Å². The number of ether oxygens (including phenoxy) is 2. The zero-order valence-electron chi connectivity index (χ0n) is 12.7. The largest absolute Gasteiger partial charge is 0.497 e.